The molecule has 2 aromatic heterocycles. The molecule has 3 rings (SSSR count). The quantitative estimate of drug-likeness (QED) is 0.226. The minimum Gasteiger partial charge on any atom is -0.485 e. The van der Waals surface area contributed by atoms with Gasteiger partial charge in [-0.1, -0.05) is 30.0 Å². The van der Waals surface area contributed by atoms with E-state index in [4.69, 9.17) is 9.47 Å². The minimum atomic E-state index is -0.450. The molecule has 2 heterocycles. The number of allylic oxidation sites excluding steroid dienone is 1. The average molecular weight is 501 g/mol. The number of thiophene rings is 1. The lowest BCUT2D eigenvalue weighted by molar-refractivity contribution is -0.113. The predicted molar refractivity (Wildman–Crippen MR) is 135 cm³/mol. The van der Waals surface area contributed by atoms with E-state index in [9.17, 15) is 9.59 Å². The summed E-state index contributed by atoms with van der Waals surface area (Å²) in [6.07, 6.45) is 1.74. The number of thioether (sulfide) groups is 1. The lowest BCUT2D eigenvalue weighted by Crippen LogP contribution is -2.16. The van der Waals surface area contributed by atoms with Crippen molar-refractivity contribution in [1.82, 2.24) is 14.8 Å². The summed E-state index contributed by atoms with van der Waals surface area (Å²) in [6, 6.07) is 7.76. The van der Waals surface area contributed by atoms with Crippen LogP contribution < -0.4 is 10.1 Å². The van der Waals surface area contributed by atoms with E-state index in [0.29, 0.717) is 28.1 Å². The van der Waals surface area contributed by atoms with E-state index in [1.54, 1.807) is 19.1 Å². The molecule has 0 fully saturated rings. The first-order chi connectivity index (χ1) is 16.3. The summed E-state index contributed by atoms with van der Waals surface area (Å²) >= 11 is 2.59. The van der Waals surface area contributed by atoms with Crippen LogP contribution in [-0.2, 0) is 22.7 Å². The van der Waals surface area contributed by atoms with E-state index >= 15 is 0 Å². The van der Waals surface area contributed by atoms with Gasteiger partial charge in [0.15, 0.2) is 11.0 Å². The van der Waals surface area contributed by atoms with Gasteiger partial charge in [0.1, 0.15) is 17.4 Å². The fourth-order valence-electron chi connectivity index (χ4n) is 3.11. The number of nitrogens with zero attached hydrogens (tertiary/aromatic N) is 3. The fourth-order valence-corrected chi connectivity index (χ4v) is 4.79. The molecule has 0 spiro atoms. The summed E-state index contributed by atoms with van der Waals surface area (Å²) in [6.45, 7) is 12.4. The van der Waals surface area contributed by atoms with Crippen LogP contribution in [-0.4, -0.2) is 39.0 Å². The van der Waals surface area contributed by atoms with Crippen LogP contribution in [0.5, 0.6) is 5.75 Å². The Bertz CT molecular complexity index is 1190. The topological polar surface area (TPSA) is 95.3 Å². The van der Waals surface area contributed by atoms with Gasteiger partial charge in [0.2, 0.25) is 5.91 Å². The summed E-state index contributed by atoms with van der Waals surface area (Å²) in [5.74, 6) is 0.840. The standard InChI is InChI=1S/C24H28N4O4S2/c1-6-10-28-20(13-32-19-11-15(3)8-9-16(19)4)26-27-24(28)33-14-21(29)25-22-18(12-17(5)34-22)23(30)31-7-2/h6,8-9,11-12H,1,7,10,13-14H2,2-5H3,(H,25,29). The molecule has 0 aliphatic carbocycles. The highest BCUT2D eigenvalue weighted by Crippen LogP contribution is 2.29. The lowest BCUT2D eigenvalue weighted by Gasteiger charge is -2.11. The number of rotatable bonds is 11. The van der Waals surface area contributed by atoms with Crippen LogP contribution in [0.1, 0.15) is 39.1 Å². The molecule has 0 atom stereocenters. The highest BCUT2D eigenvalue weighted by molar-refractivity contribution is 7.99. The largest absolute Gasteiger partial charge is 0.485 e. The SMILES string of the molecule is C=CCn1c(COc2cc(C)ccc2C)nnc1SCC(=O)Nc1sc(C)cc1C(=O)OCC. The third-order valence-electron chi connectivity index (χ3n) is 4.74. The first-order valence-electron chi connectivity index (χ1n) is 10.8. The predicted octanol–water partition coefficient (Wildman–Crippen LogP) is 4.94. The number of carbonyl (C=O) groups is 2. The zero-order valence-corrected chi connectivity index (χ0v) is 21.3. The van der Waals surface area contributed by atoms with Gasteiger partial charge in [0.05, 0.1) is 17.9 Å². The van der Waals surface area contributed by atoms with Crippen molar-refractivity contribution in [2.45, 2.75) is 46.0 Å². The molecule has 0 unspecified atom stereocenters. The van der Waals surface area contributed by atoms with E-state index in [1.807, 2.05) is 43.5 Å². The number of anilines is 1. The van der Waals surface area contributed by atoms with Gasteiger partial charge in [-0.15, -0.1) is 28.1 Å². The van der Waals surface area contributed by atoms with Crippen LogP contribution in [0.3, 0.4) is 0 Å². The van der Waals surface area contributed by atoms with Crippen molar-refractivity contribution in [1.29, 1.82) is 0 Å². The number of aryl methyl sites for hydroxylation is 3. The van der Waals surface area contributed by atoms with E-state index in [0.717, 1.165) is 21.8 Å². The number of esters is 1. The van der Waals surface area contributed by atoms with Gasteiger partial charge in [-0.2, -0.15) is 0 Å². The molecule has 180 valence electrons. The Morgan fingerprint density at radius 2 is 2.03 bits per heavy atom. The fraction of sp³-hybridized carbons (Fsp3) is 0.333. The third-order valence-corrected chi connectivity index (χ3v) is 6.67. The summed E-state index contributed by atoms with van der Waals surface area (Å²) < 4.78 is 12.9. The van der Waals surface area contributed by atoms with Crippen LogP contribution in [0, 0.1) is 20.8 Å². The Balaban J connectivity index is 1.65. The average Bonchev–Trinajstić information content (AvgIpc) is 3.36. The van der Waals surface area contributed by atoms with Gasteiger partial charge in [-0.05, 0) is 51.0 Å². The van der Waals surface area contributed by atoms with Crippen LogP contribution in [0.4, 0.5) is 5.00 Å². The Morgan fingerprint density at radius 3 is 2.76 bits per heavy atom. The second kappa shape index (κ2) is 11.8. The van der Waals surface area contributed by atoms with E-state index in [-0.39, 0.29) is 24.9 Å². The summed E-state index contributed by atoms with van der Waals surface area (Å²) in [5, 5.41) is 12.4. The monoisotopic (exact) mass is 500 g/mol. The molecule has 0 aliphatic rings. The van der Waals surface area contributed by atoms with Gasteiger partial charge in [-0.3, -0.25) is 9.36 Å². The Hall–Kier alpha value is -3.11. The maximum Gasteiger partial charge on any atom is 0.341 e. The molecular formula is C24H28N4O4S2. The zero-order chi connectivity index (χ0) is 24.7. The molecule has 0 bridgehead atoms. The molecule has 10 heteroatoms. The van der Waals surface area contributed by atoms with Gasteiger partial charge in [-0.25, -0.2) is 4.79 Å². The number of aromatic nitrogens is 3. The molecule has 0 aliphatic heterocycles. The number of hydrogen-bond donors (Lipinski definition) is 1. The Kier molecular flexibility index (Phi) is 8.89. The lowest BCUT2D eigenvalue weighted by atomic mass is 10.1. The molecule has 1 N–H and O–H groups in total. The Morgan fingerprint density at radius 1 is 1.24 bits per heavy atom. The van der Waals surface area contributed by atoms with Crippen molar-refractivity contribution in [2.24, 2.45) is 0 Å². The van der Waals surface area contributed by atoms with Gasteiger partial charge in [0, 0.05) is 11.4 Å². The van der Waals surface area contributed by atoms with Crippen LogP contribution >= 0.6 is 23.1 Å². The van der Waals surface area contributed by atoms with E-state index < -0.39 is 5.97 Å². The number of nitrogens with one attached hydrogen (secondary N) is 1. The van der Waals surface area contributed by atoms with Crippen molar-refractivity contribution in [3.63, 3.8) is 0 Å². The number of hydrogen-bond acceptors (Lipinski definition) is 8. The first kappa shape index (κ1) is 25.5. The number of benzene rings is 1. The zero-order valence-electron chi connectivity index (χ0n) is 19.7. The second-order valence-corrected chi connectivity index (χ2v) is 9.71. The summed E-state index contributed by atoms with van der Waals surface area (Å²) in [5.41, 5.74) is 2.52. The molecule has 0 saturated heterocycles. The molecule has 1 amide bonds. The van der Waals surface area contributed by atoms with Crippen molar-refractivity contribution in [3.8, 4) is 5.75 Å². The molecular weight excluding hydrogens is 472 g/mol. The third kappa shape index (κ3) is 6.48. The van der Waals surface area contributed by atoms with Gasteiger partial charge in [0.25, 0.3) is 0 Å². The number of carbonyl (C=O) groups excluding carboxylic acids is 2. The molecule has 0 radical (unpaired) electrons. The van der Waals surface area contributed by atoms with Crippen molar-refractivity contribution >= 4 is 40.0 Å². The maximum absolute atomic E-state index is 12.6. The number of ether oxygens (including phenoxy) is 2. The van der Waals surface area contributed by atoms with Crippen LogP contribution in [0.15, 0.2) is 42.1 Å². The van der Waals surface area contributed by atoms with E-state index in [2.05, 4.69) is 22.1 Å². The molecule has 34 heavy (non-hydrogen) atoms. The Labute approximate surface area is 207 Å². The highest BCUT2D eigenvalue weighted by atomic mass is 32.2. The second-order valence-electron chi connectivity index (χ2n) is 7.51. The highest BCUT2D eigenvalue weighted by Gasteiger charge is 2.19. The smallest absolute Gasteiger partial charge is 0.341 e. The molecule has 0 saturated carbocycles. The van der Waals surface area contributed by atoms with Crippen molar-refractivity contribution in [2.75, 3.05) is 17.7 Å². The first-order valence-corrected chi connectivity index (χ1v) is 12.6. The van der Waals surface area contributed by atoms with Crippen molar-refractivity contribution < 1.29 is 19.1 Å². The molecule has 3 aromatic rings. The van der Waals surface area contributed by atoms with Crippen molar-refractivity contribution in [3.05, 3.63) is 64.3 Å². The summed E-state index contributed by atoms with van der Waals surface area (Å²) in [7, 11) is 0. The van der Waals surface area contributed by atoms with Gasteiger partial charge >= 0.3 is 5.97 Å². The maximum atomic E-state index is 12.6. The molecule has 8 nitrogen and oxygen atoms in total. The van der Waals surface area contributed by atoms with Crippen LogP contribution in [0.2, 0.25) is 0 Å². The minimum absolute atomic E-state index is 0.104. The van der Waals surface area contributed by atoms with Crippen LogP contribution in [0.25, 0.3) is 0 Å². The van der Waals surface area contributed by atoms with E-state index in [1.165, 1.54) is 23.1 Å². The molecule has 1 aromatic carbocycles. The van der Waals surface area contributed by atoms with Gasteiger partial charge < -0.3 is 14.8 Å². The normalized spacial score (nSPS) is 10.7. The summed E-state index contributed by atoms with van der Waals surface area (Å²) in [4.78, 5) is 25.7. The number of amides is 1.